The van der Waals surface area contributed by atoms with Gasteiger partial charge in [0, 0.05) is 5.56 Å². The molecule has 0 radical (unpaired) electrons. The molecule has 1 nitrogen and oxygen atoms in total. The van der Waals surface area contributed by atoms with Gasteiger partial charge in [-0.2, -0.15) is 4.39 Å². The summed E-state index contributed by atoms with van der Waals surface area (Å²) >= 11 is 0. The van der Waals surface area contributed by atoms with E-state index in [1.54, 1.807) is 6.07 Å². The molecule has 3 rings (SSSR count). The van der Waals surface area contributed by atoms with Gasteiger partial charge in [-0.1, -0.05) is 56.7 Å². The van der Waals surface area contributed by atoms with Crippen LogP contribution >= 0.6 is 0 Å². The lowest BCUT2D eigenvalue weighted by atomic mass is 9.79. The highest BCUT2D eigenvalue weighted by Crippen LogP contribution is 2.37. The molecule has 0 saturated heterocycles. The second-order valence-corrected chi connectivity index (χ2v) is 6.92. The van der Waals surface area contributed by atoms with E-state index >= 15 is 0 Å². The maximum absolute atomic E-state index is 14.4. The normalized spacial score (nSPS) is 20.3. The summed E-state index contributed by atoms with van der Waals surface area (Å²) in [5.41, 5.74) is 2.23. The van der Waals surface area contributed by atoms with Gasteiger partial charge in [-0.05, 0) is 47.9 Å². The molecule has 1 fully saturated rings. The molecule has 0 aliphatic heterocycles. The zero-order chi connectivity index (χ0) is 17.8. The predicted molar refractivity (Wildman–Crippen MR) is 97.9 cm³/mol. The average Bonchev–Trinajstić information content (AvgIpc) is 2.64. The first-order chi connectivity index (χ1) is 12.1. The molecule has 0 spiro atoms. The van der Waals surface area contributed by atoms with Gasteiger partial charge < -0.3 is 4.74 Å². The monoisotopic (exact) mass is 342 g/mol. The fourth-order valence-electron chi connectivity index (χ4n) is 3.54. The summed E-state index contributed by atoms with van der Waals surface area (Å²) in [4.78, 5) is 0. The lowest BCUT2D eigenvalue weighted by Crippen LogP contribution is -2.10. The molecule has 2 aromatic carbocycles. The van der Waals surface area contributed by atoms with Gasteiger partial charge >= 0.3 is 0 Å². The van der Waals surface area contributed by atoms with Crippen molar-refractivity contribution < 1.29 is 13.5 Å². The Bertz CT molecular complexity index is 728. The zero-order valence-corrected chi connectivity index (χ0v) is 14.6. The van der Waals surface area contributed by atoms with Crippen molar-refractivity contribution in [1.29, 1.82) is 0 Å². The van der Waals surface area contributed by atoms with Crippen molar-refractivity contribution in [3.63, 3.8) is 0 Å². The number of halogens is 2. The van der Waals surface area contributed by atoms with Gasteiger partial charge in [-0.3, -0.25) is 0 Å². The molecule has 0 heterocycles. The summed E-state index contributed by atoms with van der Waals surface area (Å²) in [5, 5.41) is 0. The van der Waals surface area contributed by atoms with E-state index in [1.165, 1.54) is 43.4 Å². The van der Waals surface area contributed by atoms with Gasteiger partial charge in [0.15, 0.2) is 11.6 Å². The van der Waals surface area contributed by atoms with E-state index in [9.17, 15) is 8.78 Å². The maximum atomic E-state index is 14.4. The Hall–Kier alpha value is -2.16. The van der Waals surface area contributed by atoms with Crippen LogP contribution < -0.4 is 4.74 Å². The van der Waals surface area contributed by atoms with Crippen molar-refractivity contribution in [3.8, 4) is 16.9 Å². The van der Waals surface area contributed by atoms with E-state index in [4.69, 9.17) is 4.74 Å². The Morgan fingerprint density at radius 3 is 2.32 bits per heavy atom. The first kappa shape index (κ1) is 17.7. The minimum Gasteiger partial charge on any atom is -0.486 e. The maximum Gasteiger partial charge on any atom is 0.201 e. The first-order valence-corrected chi connectivity index (χ1v) is 8.92. The Morgan fingerprint density at radius 2 is 1.68 bits per heavy atom. The quantitative estimate of drug-likeness (QED) is 0.564. The largest absolute Gasteiger partial charge is 0.486 e. The van der Waals surface area contributed by atoms with Gasteiger partial charge in [0.25, 0.3) is 0 Å². The summed E-state index contributed by atoms with van der Waals surface area (Å²) in [6.45, 7) is 5.95. The lowest BCUT2D eigenvalue weighted by molar-refractivity contribution is 0.333. The van der Waals surface area contributed by atoms with Crippen molar-refractivity contribution in [2.45, 2.75) is 38.5 Å². The molecule has 1 aliphatic carbocycles. The number of ether oxygens (including phenoxy) is 1. The van der Waals surface area contributed by atoms with E-state index in [2.05, 4.69) is 25.6 Å². The van der Waals surface area contributed by atoms with E-state index in [0.29, 0.717) is 11.5 Å². The number of hydrogen-bond donors (Lipinski definition) is 0. The second-order valence-electron chi connectivity index (χ2n) is 6.92. The molecule has 0 unspecified atom stereocenters. The molecule has 1 aliphatic rings. The predicted octanol–water partition coefficient (Wildman–Crippen LogP) is 6.49. The van der Waals surface area contributed by atoms with Crippen LogP contribution in [0.1, 0.15) is 44.1 Å². The van der Waals surface area contributed by atoms with Crippen LogP contribution in [0.25, 0.3) is 11.1 Å². The number of hydrogen-bond acceptors (Lipinski definition) is 1. The van der Waals surface area contributed by atoms with Crippen LogP contribution in [0, 0.1) is 17.6 Å². The van der Waals surface area contributed by atoms with Gasteiger partial charge in [0.1, 0.15) is 6.61 Å². The highest BCUT2D eigenvalue weighted by atomic mass is 19.2. The molecule has 0 aromatic heterocycles. The summed E-state index contributed by atoms with van der Waals surface area (Å²) in [6, 6.07) is 10.9. The summed E-state index contributed by atoms with van der Waals surface area (Å²) in [6.07, 6.45) is 6.44. The van der Waals surface area contributed by atoms with Crippen LogP contribution in [0.2, 0.25) is 0 Å². The minimum atomic E-state index is -0.954. The van der Waals surface area contributed by atoms with Crippen LogP contribution in [-0.2, 0) is 0 Å². The molecule has 0 atom stereocenters. The smallest absolute Gasteiger partial charge is 0.201 e. The second kappa shape index (κ2) is 7.81. The molecule has 3 heteroatoms. The molecule has 0 N–H and O–H groups in total. The van der Waals surface area contributed by atoms with E-state index in [0.717, 1.165) is 5.92 Å². The molecular weight excluding hydrogens is 318 g/mol. The molecule has 132 valence electrons. The molecule has 1 saturated carbocycles. The Kier molecular flexibility index (Phi) is 5.52. The lowest BCUT2D eigenvalue weighted by Gasteiger charge is -2.26. The number of benzene rings is 2. The molecule has 2 aromatic rings. The van der Waals surface area contributed by atoms with Crippen molar-refractivity contribution in [2.24, 2.45) is 5.92 Å². The standard InChI is InChI=1S/C22H24F2O/c1-3-14-25-20-13-12-19(21(23)22(20)24)18-10-8-17(9-11-18)16-6-4-15(2)5-7-16/h3,8-13,15-16H,1,4-7,14H2,2H3. The highest BCUT2D eigenvalue weighted by molar-refractivity contribution is 5.65. The third-order valence-corrected chi connectivity index (χ3v) is 5.11. The molecule has 0 bridgehead atoms. The fraction of sp³-hybridized carbons (Fsp3) is 0.364. The van der Waals surface area contributed by atoms with E-state index in [-0.39, 0.29) is 17.9 Å². The van der Waals surface area contributed by atoms with Gasteiger partial charge in [0.2, 0.25) is 5.82 Å². The highest BCUT2D eigenvalue weighted by Gasteiger charge is 2.20. The van der Waals surface area contributed by atoms with Crippen molar-refractivity contribution in [3.05, 3.63) is 66.3 Å². The van der Waals surface area contributed by atoms with Crippen LogP contribution in [0.4, 0.5) is 8.78 Å². The fourth-order valence-corrected chi connectivity index (χ4v) is 3.54. The van der Waals surface area contributed by atoms with E-state index in [1.807, 2.05) is 12.1 Å². The molecule has 25 heavy (non-hydrogen) atoms. The van der Waals surface area contributed by atoms with Gasteiger partial charge in [-0.15, -0.1) is 0 Å². The van der Waals surface area contributed by atoms with Crippen LogP contribution in [-0.4, -0.2) is 6.61 Å². The summed E-state index contributed by atoms with van der Waals surface area (Å²) < 4.78 is 33.7. The number of rotatable bonds is 5. The van der Waals surface area contributed by atoms with Gasteiger partial charge in [0.05, 0.1) is 0 Å². The third-order valence-electron chi connectivity index (χ3n) is 5.11. The van der Waals surface area contributed by atoms with Crippen molar-refractivity contribution >= 4 is 0 Å². The molecular formula is C22H24F2O. The third kappa shape index (κ3) is 3.92. The minimum absolute atomic E-state index is 0.0888. The SMILES string of the molecule is C=CCOc1ccc(-c2ccc(C3CCC(C)CC3)cc2)c(F)c1F. The van der Waals surface area contributed by atoms with Crippen LogP contribution in [0.5, 0.6) is 5.75 Å². The Morgan fingerprint density at radius 1 is 1.00 bits per heavy atom. The van der Waals surface area contributed by atoms with Crippen molar-refractivity contribution in [2.75, 3.05) is 6.61 Å². The Balaban J connectivity index is 1.80. The topological polar surface area (TPSA) is 9.23 Å². The zero-order valence-electron chi connectivity index (χ0n) is 14.6. The van der Waals surface area contributed by atoms with Crippen LogP contribution in [0.3, 0.4) is 0 Å². The summed E-state index contributed by atoms with van der Waals surface area (Å²) in [7, 11) is 0. The van der Waals surface area contributed by atoms with Crippen molar-refractivity contribution in [1.82, 2.24) is 0 Å². The Labute approximate surface area is 148 Å². The average molecular weight is 342 g/mol. The summed E-state index contributed by atoms with van der Waals surface area (Å²) in [5.74, 6) is -0.518. The first-order valence-electron chi connectivity index (χ1n) is 8.92. The van der Waals surface area contributed by atoms with Gasteiger partial charge in [-0.25, -0.2) is 4.39 Å². The van der Waals surface area contributed by atoms with Crippen LogP contribution in [0.15, 0.2) is 49.1 Å². The van der Waals surface area contributed by atoms with E-state index < -0.39 is 11.6 Å². The molecule has 0 amide bonds.